The third-order valence-electron chi connectivity index (χ3n) is 3.65. The number of nitrogens with one attached hydrogen (secondary N) is 1. The van der Waals surface area contributed by atoms with E-state index < -0.39 is 0 Å². The highest BCUT2D eigenvalue weighted by atomic mass is 35.5. The van der Waals surface area contributed by atoms with Gasteiger partial charge in [0.25, 0.3) is 0 Å². The lowest BCUT2D eigenvalue weighted by molar-refractivity contribution is 0.152. The van der Waals surface area contributed by atoms with E-state index in [0.29, 0.717) is 10.6 Å². The van der Waals surface area contributed by atoms with E-state index in [9.17, 15) is 0 Å². The zero-order chi connectivity index (χ0) is 11.6. The fourth-order valence-corrected chi connectivity index (χ4v) is 2.47. The summed E-state index contributed by atoms with van der Waals surface area (Å²) in [7, 11) is 0. The van der Waals surface area contributed by atoms with Crippen LogP contribution < -0.4 is 5.32 Å². The van der Waals surface area contributed by atoms with Crippen LogP contribution in [0, 0.1) is 5.41 Å². The molecule has 88 valence electrons. The Labute approximate surface area is 102 Å². The Bertz CT molecular complexity index is 361. The van der Waals surface area contributed by atoms with Gasteiger partial charge >= 0.3 is 0 Å². The summed E-state index contributed by atoms with van der Waals surface area (Å²) in [5, 5.41) is 4.17. The molecule has 0 saturated heterocycles. The molecule has 1 N–H and O–H groups in total. The number of rotatable bonds is 4. The van der Waals surface area contributed by atoms with Gasteiger partial charge in [0.1, 0.15) is 5.15 Å². The van der Waals surface area contributed by atoms with Crippen molar-refractivity contribution in [3.8, 4) is 0 Å². The topological polar surface area (TPSA) is 24.9 Å². The van der Waals surface area contributed by atoms with Crippen LogP contribution in [0.25, 0.3) is 0 Å². The highest BCUT2D eigenvalue weighted by Gasteiger charge is 2.31. The van der Waals surface area contributed by atoms with Gasteiger partial charge in [0.05, 0.1) is 0 Å². The first-order chi connectivity index (χ1) is 7.61. The van der Waals surface area contributed by atoms with Crippen molar-refractivity contribution in [2.75, 3.05) is 6.54 Å². The van der Waals surface area contributed by atoms with Crippen LogP contribution in [-0.2, 0) is 0 Å². The number of pyridine rings is 1. The van der Waals surface area contributed by atoms with Crippen molar-refractivity contribution in [3.63, 3.8) is 0 Å². The summed E-state index contributed by atoms with van der Waals surface area (Å²) in [6.45, 7) is 5.56. The number of halogens is 1. The molecule has 0 amide bonds. The zero-order valence-corrected chi connectivity index (χ0v) is 10.7. The molecule has 0 aromatic carbocycles. The first-order valence-electron chi connectivity index (χ1n) is 5.95. The third kappa shape index (κ3) is 2.55. The average molecular weight is 239 g/mol. The van der Waals surface area contributed by atoms with Gasteiger partial charge in [0, 0.05) is 24.3 Å². The van der Waals surface area contributed by atoms with Gasteiger partial charge in [-0.15, -0.1) is 0 Å². The first-order valence-corrected chi connectivity index (χ1v) is 6.32. The van der Waals surface area contributed by atoms with E-state index in [1.807, 2.05) is 12.1 Å². The summed E-state index contributed by atoms with van der Waals surface area (Å²) in [4.78, 5) is 4.10. The minimum absolute atomic E-state index is 0.277. The second-order valence-electron chi connectivity index (χ2n) is 5.15. The molecule has 1 saturated carbocycles. The Morgan fingerprint density at radius 1 is 1.56 bits per heavy atom. The number of hydrogen-bond donors (Lipinski definition) is 1. The Hall–Kier alpha value is -0.600. The molecule has 0 bridgehead atoms. The monoisotopic (exact) mass is 238 g/mol. The van der Waals surface area contributed by atoms with Crippen molar-refractivity contribution < 1.29 is 0 Å². The highest BCUT2D eigenvalue weighted by Crippen LogP contribution is 2.39. The minimum atomic E-state index is 0.277. The van der Waals surface area contributed by atoms with E-state index in [-0.39, 0.29) is 6.04 Å². The molecule has 1 fully saturated rings. The van der Waals surface area contributed by atoms with Gasteiger partial charge in [-0.25, -0.2) is 4.98 Å². The smallest absolute Gasteiger partial charge is 0.133 e. The number of aromatic nitrogens is 1. The summed E-state index contributed by atoms with van der Waals surface area (Å²) in [5.74, 6) is 0. The summed E-state index contributed by atoms with van der Waals surface area (Å²) < 4.78 is 0. The lowest BCUT2D eigenvalue weighted by Gasteiger charge is -2.39. The fraction of sp³-hybridized carbons (Fsp3) is 0.615. The van der Waals surface area contributed by atoms with E-state index in [1.165, 1.54) is 19.3 Å². The Morgan fingerprint density at radius 2 is 2.31 bits per heavy atom. The van der Waals surface area contributed by atoms with Crippen LogP contribution in [0.5, 0.6) is 0 Å². The molecule has 2 rings (SSSR count). The summed E-state index contributed by atoms with van der Waals surface area (Å²) in [5.41, 5.74) is 1.59. The van der Waals surface area contributed by atoms with E-state index in [4.69, 9.17) is 11.6 Å². The molecule has 1 heterocycles. The van der Waals surface area contributed by atoms with Crippen molar-refractivity contribution in [1.29, 1.82) is 0 Å². The van der Waals surface area contributed by atoms with Crippen molar-refractivity contribution >= 4 is 11.6 Å². The van der Waals surface area contributed by atoms with Crippen LogP contribution in [0.1, 0.15) is 44.7 Å². The van der Waals surface area contributed by atoms with Crippen LogP contribution in [0.15, 0.2) is 18.3 Å². The van der Waals surface area contributed by atoms with Gasteiger partial charge in [-0.2, -0.15) is 0 Å². The van der Waals surface area contributed by atoms with Gasteiger partial charge in [0.2, 0.25) is 0 Å². The molecule has 0 spiro atoms. The molecule has 1 aliphatic rings. The molecule has 3 heteroatoms. The van der Waals surface area contributed by atoms with Gasteiger partial charge in [-0.3, -0.25) is 0 Å². The Kier molecular flexibility index (Phi) is 3.50. The summed E-state index contributed by atoms with van der Waals surface area (Å²) in [6.07, 6.45) is 5.78. The summed E-state index contributed by atoms with van der Waals surface area (Å²) in [6, 6.07) is 4.25. The predicted molar refractivity (Wildman–Crippen MR) is 67.6 cm³/mol. The van der Waals surface area contributed by atoms with E-state index >= 15 is 0 Å². The maximum Gasteiger partial charge on any atom is 0.133 e. The molecule has 1 unspecified atom stereocenters. The molecule has 1 atom stereocenters. The van der Waals surface area contributed by atoms with Gasteiger partial charge < -0.3 is 5.32 Å². The molecular weight excluding hydrogens is 220 g/mol. The second kappa shape index (κ2) is 4.72. The molecule has 1 aromatic heterocycles. The zero-order valence-electron chi connectivity index (χ0n) is 9.96. The van der Waals surface area contributed by atoms with E-state index in [2.05, 4.69) is 24.1 Å². The molecule has 1 aromatic rings. The second-order valence-corrected chi connectivity index (χ2v) is 5.51. The van der Waals surface area contributed by atoms with Crippen molar-refractivity contribution in [3.05, 3.63) is 29.0 Å². The van der Waals surface area contributed by atoms with Crippen molar-refractivity contribution in [2.24, 2.45) is 5.41 Å². The molecule has 2 nitrogen and oxygen atoms in total. The first kappa shape index (κ1) is 11.9. The van der Waals surface area contributed by atoms with Crippen LogP contribution in [-0.4, -0.2) is 11.5 Å². The number of hydrogen-bond acceptors (Lipinski definition) is 2. The maximum atomic E-state index is 6.07. The third-order valence-corrected chi connectivity index (χ3v) is 3.97. The van der Waals surface area contributed by atoms with Crippen molar-refractivity contribution in [2.45, 2.75) is 39.2 Å². The fourth-order valence-electron chi connectivity index (χ4n) is 2.19. The van der Waals surface area contributed by atoms with Gasteiger partial charge in [-0.05, 0) is 31.2 Å². The molecular formula is C13H19ClN2. The van der Waals surface area contributed by atoms with Crippen LogP contribution in [0.3, 0.4) is 0 Å². The lowest BCUT2D eigenvalue weighted by Crippen LogP contribution is -2.38. The molecule has 0 aliphatic heterocycles. The lowest BCUT2D eigenvalue weighted by atomic mass is 9.70. The van der Waals surface area contributed by atoms with Crippen LogP contribution in [0.4, 0.5) is 0 Å². The minimum Gasteiger partial charge on any atom is -0.310 e. The molecule has 0 radical (unpaired) electrons. The van der Waals surface area contributed by atoms with Crippen LogP contribution in [0.2, 0.25) is 5.15 Å². The molecule has 1 aliphatic carbocycles. The van der Waals surface area contributed by atoms with Gasteiger partial charge in [0.15, 0.2) is 0 Å². The van der Waals surface area contributed by atoms with Crippen molar-refractivity contribution in [1.82, 2.24) is 10.3 Å². The largest absolute Gasteiger partial charge is 0.310 e. The quantitative estimate of drug-likeness (QED) is 0.812. The average Bonchev–Trinajstić information content (AvgIpc) is 2.24. The standard InChI is InChI=1S/C13H19ClN2/c1-10(11-5-3-8-15-12(11)14)16-9-13(2)6-4-7-13/h3,5,8,10,16H,4,6-7,9H2,1-2H3. The normalized spacial score (nSPS) is 20.2. The Balaban J connectivity index is 1.93. The SMILES string of the molecule is CC(NCC1(C)CCC1)c1cccnc1Cl. The number of nitrogens with zero attached hydrogens (tertiary/aromatic N) is 1. The maximum absolute atomic E-state index is 6.07. The Morgan fingerprint density at radius 3 is 2.88 bits per heavy atom. The van der Waals surface area contributed by atoms with E-state index in [0.717, 1.165) is 12.1 Å². The van der Waals surface area contributed by atoms with Crippen LogP contribution >= 0.6 is 11.6 Å². The highest BCUT2D eigenvalue weighted by molar-refractivity contribution is 6.30. The predicted octanol–water partition coefficient (Wildman–Crippen LogP) is 3.58. The van der Waals surface area contributed by atoms with E-state index in [1.54, 1.807) is 6.20 Å². The molecule has 16 heavy (non-hydrogen) atoms. The van der Waals surface area contributed by atoms with Gasteiger partial charge in [-0.1, -0.05) is 31.0 Å². The summed E-state index contributed by atoms with van der Waals surface area (Å²) >= 11 is 6.07.